The van der Waals surface area contributed by atoms with Crippen LogP contribution in [0.4, 0.5) is 0 Å². The van der Waals surface area contributed by atoms with Gasteiger partial charge in [0.15, 0.2) is 0 Å². The standard InChI is InChI=1S/C12H14O3/c1-7-10-4-3-9(15-2)5-8(10)6-11(7)12(13)14/h3-5,7,11H,6H2,1-2H3,(H,13,14). The van der Waals surface area contributed by atoms with E-state index in [1.54, 1.807) is 7.11 Å². The Labute approximate surface area is 88.7 Å². The van der Waals surface area contributed by atoms with Crippen LogP contribution in [0.5, 0.6) is 5.75 Å². The van der Waals surface area contributed by atoms with Crippen LogP contribution in [0.15, 0.2) is 18.2 Å². The Balaban J connectivity index is 2.36. The highest BCUT2D eigenvalue weighted by Gasteiger charge is 2.34. The smallest absolute Gasteiger partial charge is 0.307 e. The van der Waals surface area contributed by atoms with Crippen molar-refractivity contribution in [3.63, 3.8) is 0 Å². The zero-order chi connectivity index (χ0) is 11.0. The van der Waals surface area contributed by atoms with Crippen molar-refractivity contribution in [2.75, 3.05) is 7.11 Å². The van der Waals surface area contributed by atoms with Crippen molar-refractivity contribution in [3.05, 3.63) is 29.3 Å². The summed E-state index contributed by atoms with van der Waals surface area (Å²) >= 11 is 0. The van der Waals surface area contributed by atoms with E-state index in [0.29, 0.717) is 6.42 Å². The number of hydrogen-bond acceptors (Lipinski definition) is 2. The lowest BCUT2D eigenvalue weighted by Crippen LogP contribution is -2.16. The van der Waals surface area contributed by atoms with Crippen molar-refractivity contribution < 1.29 is 14.6 Å². The average Bonchev–Trinajstić information content (AvgIpc) is 2.55. The van der Waals surface area contributed by atoms with Gasteiger partial charge in [-0.1, -0.05) is 13.0 Å². The summed E-state index contributed by atoms with van der Waals surface area (Å²) in [6.07, 6.45) is 0.614. The fourth-order valence-corrected chi connectivity index (χ4v) is 2.26. The van der Waals surface area contributed by atoms with Gasteiger partial charge >= 0.3 is 5.97 Å². The molecule has 0 saturated carbocycles. The highest BCUT2D eigenvalue weighted by molar-refractivity contribution is 5.73. The van der Waals surface area contributed by atoms with E-state index in [9.17, 15) is 4.79 Å². The van der Waals surface area contributed by atoms with Crippen molar-refractivity contribution >= 4 is 5.97 Å². The number of fused-ring (bicyclic) bond motifs is 1. The first kappa shape index (κ1) is 10.0. The van der Waals surface area contributed by atoms with Gasteiger partial charge in [-0.25, -0.2) is 0 Å². The minimum atomic E-state index is -0.710. The van der Waals surface area contributed by atoms with Gasteiger partial charge in [0.2, 0.25) is 0 Å². The van der Waals surface area contributed by atoms with Gasteiger partial charge in [0, 0.05) is 0 Å². The molecule has 0 spiro atoms. The van der Waals surface area contributed by atoms with E-state index in [1.807, 2.05) is 25.1 Å². The molecule has 0 bridgehead atoms. The second-order valence-electron chi connectivity index (χ2n) is 4.00. The number of carboxylic acid groups (broad SMARTS) is 1. The first-order chi connectivity index (χ1) is 7.13. The lowest BCUT2D eigenvalue weighted by atomic mass is 9.95. The summed E-state index contributed by atoms with van der Waals surface area (Å²) in [5, 5.41) is 9.05. The van der Waals surface area contributed by atoms with Crippen LogP contribution in [0.2, 0.25) is 0 Å². The number of carbonyl (C=O) groups is 1. The van der Waals surface area contributed by atoms with E-state index in [2.05, 4.69) is 0 Å². The van der Waals surface area contributed by atoms with Crippen LogP contribution in [0.1, 0.15) is 24.0 Å². The molecular formula is C12H14O3. The largest absolute Gasteiger partial charge is 0.497 e. The molecule has 0 aromatic heterocycles. The number of aliphatic carboxylic acids is 1. The maximum absolute atomic E-state index is 11.0. The highest BCUT2D eigenvalue weighted by Crippen LogP contribution is 2.39. The van der Waals surface area contributed by atoms with E-state index in [0.717, 1.165) is 16.9 Å². The minimum Gasteiger partial charge on any atom is -0.497 e. The second kappa shape index (κ2) is 3.57. The van der Waals surface area contributed by atoms with Crippen molar-refractivity contribution in [3.8, 4) is 5.75 Å². The van der Waals surface area contributed by atoms with Crippen molar-refractivity contribution in [1.29, 1.82) is 0 Å². The molecule has 0 heterocycles. The number of hydrogen-bond donors (Lipinski definition) is 1. The summed E-state index contributed by atoms with van der Waals surface area (Å²) in [7, 11) is 1.62. The Morgan fingerprint density at radius 1 is 1.53 bits per heavy atom. The maximum atomic E-state index is 11.0. The number of rotatable bonds is 2. The van der Waals surface area contributed by atoms with Crippen LogP contribution in [0, 0.1) is 5.92 Å². The molecule has 2 atom stereocenters. The third-order valence-corrected chi connectivity index (χ3v) is 3.20. The summed E-state index contributed by atoms with van der Waals surface area (Å²) < 4.78 is 5.12. The van der Waals surface area contributed by atoms with Crippen LogP contribution in [0.3, 0.4) is 0 Å². The highest BCUT2D eigenvalue weighted by atomic mass is 16.5. The van der Waals surface area contributed by atoms with Gasteiger partial charge in [-0.15, -0.1) is 0 Å². The Kier molecular flexibility index (Phi) is 2.39. The molecule has 0 fully saturated rings. The predicted octanol–water partition coefficient (Wildman–Crippen LogP) is 2.06. The lowest BCUT2D eigenvalue weighted by molar-refractivity contribution is -0.142. The third kappa shape index (κ3) is 1.58. The van der Waals surface area contributed by atoms with Gasteiger partial charge in [-0.05, 0) is 35.6 Å². The van der Waals surface area contributed by atoms with E-state index >= 15 is 0 Å². The number of carboxylic acids is 1. The molecule has 15 heavy (non-hydrogen) atoms. The molecule has 1 aromatic rings. The van der Waals surface area contributed by atoms with E-state index in [1.165, 1.54) is 0 Å². The molecule has 1 aromatic carbocycles. The molecule has 0 saturated heterocycles. The monoisotopic (exact) mass is 206 g/mol. The van der Waals surface area contributed by atoms with Crippen molar-refractivity contribution in [2.45, 2.75) is 19.3 Å². The number of methoxy groups -OCH3 is 1. The van der Waals surface area contributed by atoms with Gasteiger partial charge in [-0.3, -0.25) is 4.79 Å². The van der Waals surface area contributed by atoms with Crippen LogP contribution >= 0.6 is 0 Å². The van der Waals surface area contributed by atoms with E-state index < -0.39 is 5.97 Å². The summed E-state index contributed by atoms with van der Waals surface area (Å²) in [5.41, 5.74) is 2.25. The predicted molar refractivity (Wildman–Crippen MR) is 56.2 cm³/mol. The maximum Gasteiger partial charge on any atom is 0.307 e. The summed E-state index contributed by atoms with van der Waals surface area (Å²) in [5.74, 6) is -0.0971. The zero-order valence-corrected chi connectivity index (χ0v) is 8.86. The summed E-state index contributed by atoms with van der Waals surface area (Å²) in [6.45, 7) is 1.97. The summed E-state index contributed by atoms with van der Waals surface area (Å²) in [4.78, 5) is 11.0. The minimum absolute atomic E-state index is 0.100. The summed E-state index contributed by atoms with van der Waals surface area (Å²) in [6, 6.07) is 5.80. The lowest BCUT2D eigenvalue weighted by Gasteiger charge is -2.10. The third-order valence-electron chi connectivity index (χ3n) is 3.20. The van der Waals surface area contributed by atoms with E-state index in [4.69, 9.17) is 9.84 Å². The van der Waals surface area contributed by atoms with Gasteiger partial charge in [0.25, 0.3) is 0 Å². The molecule has 80 valence electrons. The fourth-order valence-electron chi connectivity index (χ4n) is 2.26. The molecule has 1 aliphatic carbocycles. The van der Waals surface area contributed by atoms with Gasteiger partial charge < -0.3 is 9.84 Å². The molecular weight excluding hydrogens is 192 g/mol. The van der Waals surface area contributed by atoms with Crippen LogP contribution < -0.4 is 4.74 Å². The zero-order valence-electron chi connectivity index (χ0n) is 8.86. The molecule has 0 amide bonds. The molecule has 2 rings (SSSR count). The van der Waals surface area contributed by atoms with Crippen LogP contribution in [-0.4, -0.2) is 18.2 Å². The quantitative estimate of drug-likeness (QED) is 0.805. The van der Waals surface area contributed by atoms with Crippen LogP contribution in [0.25, 0.3) is 0 Å². The molecule has 2 unspecified atom stereocenters. The van der Waals surface area contributed by atoms with Gasteiger partial charge in [0.05, 0.1) is 13.0 Å². The number of ether oxygens (including phenoxy) is 1. The SMILES string of the molecule is COc1ccc2c(c1)CC(C(=O)O)C2C. The second-order valence-corrected chi connectivity index (χ2v) is 4.00. The Bertz CT molecular complexity index is 398. The molecule has 1 aliphatic rings. The van der Waals surface area contributed by atoms with Gasteiger partial charge in [-0.2, -0.15) is 0 Å². The Morgan fingerprint density at radius 2 is 2.27 bits per heavy atom. The average molecular weight is 206 g/mol. The van der Waals surface area contributed by atoms with Crippen molar-refractivity contribution in [2.24, 2.45) is 5.92 Å². The van der Waals surface area contributed by atoms with E-state index in [-0.39, 0.29) is 11.8 Å². The molecule has 0 aliphatic heterocycles. The molecule has 3 heteroatoms. The van der Waals surface area contributed by atoms with Crippen molar-refractivity contribution in [1.82, 2.24) is 0 Å². The normalized spacial score (nSPS) is 23.6. The first-order valence-corrected chi connectivity index (χ1v) is 5.03. The van der Waals surface area contributed by atoms with Crippen LogP contribution in [-0.2, 0) is 11.2 Å². The Hall–Kier alpha value is -1.51. The fraction of sp³-hybridized carbons (Fsp3) is 0.417. The first-order valence-electron chi connectivity index (χ1n) is 5.03. The number of benzene rings is 1. The Morgan fingerprint density at radius 3 is 2.87 bits per heavy atom. The molecule has 0 radical (unpaired) electrons. The van der Waals surface area contributed by atoms with Gasteiger partial charge in [0.1, 0.15) is 5.75 Å². The molecule has 3 nitrogen and oxygen atoms in total. The molecule has 1 N–H and O–H groups in total. The topological polar surface area (TPSA) is 46.5 Å².